The van der Waals surface area contributed by atoms with Gasteiger partial charge in [-0.05, 0) is 30.5 Å². The molecular formula is C18H21ClN2O4. The zero-order valence-electron chi connectivity index (χ0n) is 14.0. The van der Waals surface area contributed by atoms with Crippen LogP contribution in [0.3, 0.4) is 0 Å². The van der Waals surface area contributed by atoms with Gasteiger partial charge in [0, 0.05) is 31.6 Å². The van der Waals surface area contributed by atoms with Crippen molar-refractivity contribution in [2.45, 2.75) is 25.3 Å². The van der Waals surface area contributed by atoms with Gasteiger partial charge in [0.05, 0.1) is 17.9 Å². The second-order valence-electron chi connectivity index (χ2n) is 6.75. The minimum Gasteiger partial charge on any atom is -0.481 e. The summed E-state index contributed by atoms with van der Waals surface area (Å²) in [6.07, 6.45) is 1.09. The largest absolute Gasteiger partial charge is 0.481 e. The van der Waals surface area contributed by atoms with E-state index in [1.54, 1.807) is 29.0 Å². The number of carboxylic acid groups (broad SMARTS) is 1. The third kappa shape index (κ3) is 3.49. The van der Waals surface area contributed by atoms with Crippen molar-refractivity contribution in [3.05, 3.63) is 34.9 Å². The Morgan fingerprint density at radius 3 is 2.52 bits per heavy atom. The van der Waals surface area contributed by atoms with Gasteiger partial charge in [0.2, 0.25) is 11.8 Å². The molecule has 6 nitrogen and oxygen atoms in total. The molecule has 25 heavy (non-hydrogen) atoms. The Bertz CT molecular complexity index is 700. The second-order valence-corrected chi connectivity index (χ2v) is 7.19. The van der Waals surface area contributed by atoms with Gasteiger partial charge in [0.25, 0.3) is 0 Å². The predicted octanol–water partition coefficient (Wildman–Crippen LogP) is 2.18. The summed E-state index contributed by atoms with van der Waals surface area (Å²) < 4.78 is 0. The Kier molecular flexibility index (Phi) is 4.99. The first-order valence-corrected chi connectivity index (χ1v) is 8.79. The van der Waals surface area contributed by atoms with Crippen molar-refractivity contribution in [3.63, 3.8) is 0 Å². The summed E-state index contributed by atoms with van der Waals surface area (Å²) in [4.78, 5) is 39.6. The molecule has 0 spiro atoms. The van der Waals surface area contributed by atoms with Crippen LogP contribution in [0.25, 0.3) is 0 Å². The summed E-state index contributed by atoms with van der Waals surface area (Å²) in [5.41, 5.74) is 0.847. The van der Waals surface area contributed by atoms with Crippen LogP contribution in [0, 0.1) is 11.8 Å². The summed E-state index contributed by atoms with van der Waals surface area (Å²) in [6, 6.07) is 6.90. The molecule has 1 N–H and O–H groups in total. The molecule has 2 aliphatic rings. The molecule has 0 saturated carbocycles. The van der Waals surface area contributed by atoms with Crippen molar-refractivity contribution in [3.8, 4) is 0 Å². The number of benzene rings is 1. The fourth-order valence-electron chi connectivity index (χ4n) is 3.82. The number of carboxylic acids is 1. The van der Waals surface area contributed by atoms with Crippen molar-refractivity contribution in [2.24, 2.45) is 11.8 Å². The number of hydrogen-bond acceptors (Lipinski definition) is 3. The van der Waals surface area contributed by atoms with Crippen LogP contribution < -0.4 is 0 Å². The molecule has 2 heterocycles. The monoisotopic (exact) mass is 364 g/mol. The van der Waals surface area contributed by atoms with Crippen LogP contribution in [-0.2, 0) is 14.4 Å². The molecule has 2 amide bonds. The Balaban J connectivity index is 1.79. The molecule has 2 saturated heterocycles. The number of carbonyl (C=O) groups excluding carboxylic acids is 2. The van der Waals surface area contributed by atoms with E-state index in [1.807, 2.05) is 12.1 Å². The van der Waals surface area contributed by atoms with E-state index >= 15 is 0 Å². The van der Waals surface area contributed by atoms with Crippen molar-refractivity contribution in [2.75, 3.05) is 20.1 Å². The predicted molar refractivity (Wildman–Crippen MR) is 92.0 cm³/mol. The molecule has 2 fully saturated rings. The third-order valence-corrected chi connectivity index (χ3v) is 5.48. The maximum Gasteiger partial charge on any atom is 0.306 e. The lowest BCUT2D eigenvalue weighted by atomic mass is 9.90. The van der Waals surface area contributed by atoms with E-state index in [4.69, 9.17) is 16.7 Å². The van der Waals surface area contributed by atoms with Crippen molar-refractivity contribution < 1.29 is 19.5 Å². The lowest BCUT2D eigenvalue weighted by molar-refractivity contribution is -0.147. The average molecular weight is 365 g/mol. The number of carbonyl (C=O) groups is 3. The van der Waals surface area contributed by atoms with E-state index in [9.17, 15) is 14.4 Å². The van der Waals surface area contributed by atoms with E-state index in [2.05, 4.69) is 0 Å². The van der Waals surface area contributed by atoms with Crippen LogP contribution in [0.5, 0.6) is 0 Å². The summed E-state index contributed by atoms with van der Waals surface area (Å²) in [5.74, 6) is -1.80. The molecule has 1 aromatic rings. The summed E-state index contributed by atoms with van der Waals surface area (Å²) in [7, 11) is 1.71. The van der Waals surface area contributed by atoms with Gasteiger partial charge in [-0.25, -0.2) is 0 Å². The number of halogens is 1. The maximum atomic E-state index is 13.0. The van der Waals surface area contributed by atoms with Gasteiger partial charge in [-0.3, -0.25) is 14.4 Å². The first kappa shape index (κ1) is 17.7. The van der Waals surface area contributed by atoms with Crippen LogP contribution in [0.15, 0.2) is 24.3 Å². The van der Waals surface area contributed by atoms with Crippen LogP contribution in [0.1, 0.15) is 30.9 Å². The minimum absolute atomic E-state index is 0.0660. The molecule has 0 aromatic heterocycles. The van der Waals surface area contributed by atoms with Gasteiger partial charge in [-0.1, -0.05) is 23.7 Å². The topological polar surface area (TPSA) is 77.9 Å². The highest BCUT2D eigenvalue weighted by Gasteiger charge is 2.44. The second kappa shape index (κ2) is 7.04. The molecule has 0 unspecified atom stereocenters. The van der Waals surface area contributed by atoms with Crippen LogP contribution in [-0.4, -0.2) is 52.8 Å². The van der Waals surface area contributed by atoms with E-state index in [-0.39, 0.29) is 30.2 Å². The Hall–Kier alpha value is -2.08. The molecular weight excluding hydrogens is 344 g/mol. The molecule has 0 aliphatic carbocycles. The summed E-state index contributed by atoms with van der Waals surface area (Å²) in [6.45, 7) is 0.846. The Morgan fingerprint density at radius 1 is 1.24 bits per heavy atom. The van der Waals surface area contributed by atoms with Crippen molar-refractivity contribution in [1.29, 1.82) is 0 Å². The molecule has 2 atom stereocenters. The fraction of sp³-hybridized carbons (Fsp3) is 0.500. The van der Waals surface area contributed by atoms with Crippen LogP contribution in [0.2, 0.25) is 5.02 Å². The van der Waals surface area contributed by atoms with Gasteiger partial charge in [-0.15, -0.1) is 0 Å². The molecule has 2 aliphatic heterocycles. The smallest absolute Gasteiger partial charge is 0.306 e. The minimum atomic E-state index is -0.806. The number of aliphatic carboxylic acids is 1. The molecule has 7 heteroatoms. The van der Waals surface area contributed by atoms with Gasteiger partial charge in [0.1, 0.15) is 0 Å². The van der Waals surface area contributed by atoms with E-state index in [1.165, 1.54) is 0 Å². The number of nitrogens with zero attached hydrogens (tertiary/aromatic N) is 2. The molecule has 0 radical (unpaired) electrons. The lowest BCUT2D eigenvalue weighted by Crippen LogP contribution is -2.44. The number of hydrogen-bond donors (Lipinski definition) is 1. The number of piperidine rings is 1. The van der Waals surface area contributed by atoms with E-state index in [0.717, 1.165) is 5.56 Å². The Morgan fingerprint density at radius 2 is 1.92 bits per heavy atom. The molecule has 0 bridgehead atoms. The van der Waals surface area contributed by atoms with E-state index in [0.29, 0.717) is 31.0 Å². The molecule has 134 valence electrons. The van der Waals surface area contributed by atoms with Crippen LogP contribution in [0.4, 0.5) is 0 Å². The van der Waals surface area contributed by atoms with Crippen molar-refractivity contribution >= 4 is 29.4 Å². The normalized spacial score (nSPS) is 24.6. The zero-order valence-corrected chi connectivity index (χ0v) is 14.8. The average Bonchev–Trinajstić information content (AvgIpc) is 2.89. The number of rotatable bonds is 3. The first-order valence-electron chi connectivity index (χ1n) is 8.41. The molecule has 3 rings (SSSR count). The highest BCUT2D eigenvalue weighted by Crippen LogP contribution is 2.39. The SMILES string of the molecule is CN1C(=O)C[C@@H](C(=O)N2CCC(C(=O)O)CC2)[C@H]1c1cccc(Cl)c1. The highest BCUT2D eigenvalue weighted by molar-refractivity contribution is 6.30. The quantitative estimate of drug-likeness (QED) is 0.891. The zero-order chi connectivity index (χ0) is 18.1. The van der Waals surface area contributed by atoms with Gasteiger partial charge >= 0.3 is 5.97 Å². The van der Waals surface area contributed by atoms with Gasteiger partial charge in [0.15, 0.2) is 0 Å². The fourth-order valence-corrected chi connectivity index (χ4v) is 4.02. The molecule has 1 aromatic carbocycles. The lowest BCUT2D eigenvalue weighted by Gasteiger charge is -2.34. The maximum absolute atomic E-state index is 13.0. The van der Waals surface area contributed by atoms with Gasteiger partial charge in [-0.2, -0.15) is 0 Å². The van der Waals surface area contributed by atoms with Crippen molar-refractivity contribution in [1.82, 2.24) is 9.80 Å². The number of amides is 2. The third-order valence-electron chi connectivity index (χ3n) is 5.25. The summed E-state index contributed by atoms with van der Waals surface area (Å²) >= 11 is 6.07. The highest BCUT2D eigenvalue weighted by atomic mass is 35.5. The first-order chi connectivity index (χ1) is 11.9. The van der Waals surface area contributed by atoms with Gasteiger partial charge < -0.3 is 14.9 Å². The summed E-state index contributed by atoms with van der Waals surface area (Å²) in [5, 5.41) is 9.66. The van der Waals surface area contributed by atoms with Crippen LogP contribution >= 0.6 is 11.6 Å². The standard InChI is InChI=1S/C18H21ClN2O4/c1-20-15(22)10-14(16(20)12-3-2-4-13(19)9-12)17(23)21-7-5-11(6-8-21)18(24)25/h2-4,9,11,14,16H,5-8,10H2,1H3,(H,24,25)/t14-,16-/m1/s1. The van der Waals surface area contributed by atoms with E-state index < -0.39 is 11.9 Å². The Labute approximate surface area is 151 Å². The number of likely N-dealkylation sites (tertiary alicyclic amines) is 2.